The molecule has 2 N–H and O–H groups in total. The van der Waals surface area contributed by atoms with Crippen LogP contribution in [-0.4, -0.2) is 34.1 Å². The number of fused-ring (bicyclic) bond motifs is 1. The van der Waals surface area contributed by atoms with E-state index in [2.05, 4.69) is 10.6 Å². The molecule has 2 aromatic carbocycles. The molecule has 0 bridgehead atoms. The molecule has 2 heterocycles. The minimum absolute atomic E-state index is 0.00905. The van der Waals surface area contributed by atoms with Crippen LogP contribution in [0.1, 0.15) is 38.2 Å². The Kier molecular flexibility index (Phi) is 6.55. The minimum Gasteiger partial charge on any atom is -0.494 e. The molecule has 2 aliphatic rings. The Morgan fingerprint density at radius 1 is 1.17 bits per heavy atom. The summed E-state index contributed by atoms with van der Waals surface area (Å²) in [7, 11) is 0. The Morgan fingerprint density at radius 2 is 1.91 bits per heavy atom. The summed E-state index contributed by atoms with van der Waals surface area (Å²) in [5.41, 5.74) is 2.85. The van der Waals surface area contributed by atoms with Crippen molar-refractivity contribution in [3.63, 3.8) is 0 Å². The number of carbonyl (C=O) groups excluding carboxylic acids is 2. The van der Waals surface area contributed by atoms with Crippen LogP contribution in [0.25, 0.3) is 17.0 Å². The Morgan fingerprint density at radius 3 is 2.66 bits per heavy atom. The molecule has 0 radical (unpaired) electrons. The van der Waals surface area contributed by atoms with Crippen molar-refractivity contribution in [2.45, 2.75) is 45.2 Å². The molecule has 1 aliphatic heterocycles. The van der Waals surface area contributed by atoms with Gasteiger partial charge in [0.2, 0.25) is 5.91 Å². The van der Waals surface area contributed by atoms with Crippen molar-refractivity contribution in [2.24, 2.45) is 0 Å². The van der Waals surface area contributed by atoms with Crippen LogP contribution < -0.4 is 20.3 Å². The Bertz CT molecular complexity index is 1310. The summed E-state index contributed by atoms with van der Waals surface area (Å²) >= 11 is 5.47. The molecule has 3 aromatic rings. The number of thiocarbonyl (C=S) groups is 1. The van der Waals surface area contributed by atoms with Gasteiger partial charge in [-0.15, -0.1) is 0 Å². The predicted octanol–water partition coefficient (Wildman–Crippen LogP) is 4.36. The number of aromatic nitrogens is 1. The fourth-order valence-corrected chi connectivity index (χ4v) is 5.10. The van der Waals surface area contributed by atoms with Crippen molar-refractivity contribution in [1.82, 2.24) is 15.2 Å². The van der Waals surface area contributed by atoms with E-state index in [1.54, 1.807) is 6.08 Å². The number of anilines is 1. The molecule has 1 aliphatic carbocycles. The fourth-order valence-electron chi connectivity index (χ4n) is 4.80. The lowest BCUT2D eigenvalue weighted by molar-refractivity contribution is -0.122. The summed E-state index contributed by atoms with van der Waals surface area (Å²) in [6.45, 7) is 2.73. The van der Waals surface area contributed by atoms with Crippen LogP contribution in [0.3, 0.4) is 0 Å². The van der Waals surface area contributed by atoms with E-state index in [4.69, 9.17) is 17.0 Å². The first-order valence-electron chi connectivity index (χ1n) is 12.0. The molecule has 1 saturated carbocycles. The molecule has 0 unspecified atom stereocenters. The largest absolute Gasteiger partial charge is 0.494 e. The number of nitrogens with zero attached hydrogens (tertiary/aromatic N) is 2. The lowest BCUT2D eigenvalue weighted by Crippen LogP contribution is -2.35. The molecule has 2 fully saturated rings. The first-order valence-corrected chi connectivity index (χ1v) is 12.4. The second-order valence-corrected chi connectivity index (χ2v) is 9.22. The molecular weight excluding hydrogens is 460 g/mol. The molecule has 0 spiro atoms. The second-order valence-electron chi connectivity index (χ2n) is 8.83. The summed E-state index contributed by atoms with van der Waals surface area (Å²) in [5.74, 6) is 0.520. The summed E-state index contributed by atoms with van der Waals surface area (Å²) in [6, 6.07) is 15.4. The topological polar surface area (TPSA) is 75.6 Å². The van der Waals surface area contributed by atoms with E-state index in [0.717, 1.165) is 35.1 Å². The van der Waals surface area contributed by atoms with Crippen molar-refractivity contribution in [2.75, 3.05) is 11.5 Å². The number of hydrogen-bond acceptors (Lipinski definition) is 4. The summed E-state index contributed by atoms with van der Waals surface area (Å²) in [4.78, 5) is 27.4. The highest BCUT2D eigenvalue weighted by atomic mass is 32.1. The maximum atomic E-state index is 13.3. The van der Waals surface area contributed by atoms with Gasteiger partial charge >= 0.3 is 0 Å². The summed E-state index contributed by atoms with van der Waals surface area (Å²) in [5, 5.41) is 7.49. The van der Waals surface area contributed by atoms with Gasteiger partial charge in [-0.25, -0.2) is 0 Å². The zero-order valence-corrected chi connectivity index (χ0v) is 20.4. The molecule has 0 atom stereocenters. The van der Waals surface area contributed by atoms with Gasteiger partial charge in [0.15, 0.2) is 5.11 Å². The van der Waals surface area contributed by atoms with Crippen LogP contribution in [0.2, 0.25) is 0 Å². The maximum Gasteiger partial charge on any atom is 0.281 e. The van der Waals surface area contributed by atoms with Gasteiger partial charge in [-0.05, 0) is 68.4 Å². The van der Waals surface area contributed by atoms with Gasteiger partial charge in [-0.2, -0.15) is 0 Å². The van der Waals surface area contributed by atoms with E-state index in [0.29, 0.717) is 23.1 Å². The van der Waals surface area contributed by atoms with Crippen molar-refractivity contribution < 1.29 is 14.3 Å². The number of nitrogens with one attached hydrogen (secondary N) is 2. The molecule has 8 heteroatoms. The van der Waals surface area contributed by atoms with Gasteiger partial charge in [-0.1, -0.05) is 31.0 Å². The lowest BCUT2D eigenvalue weighted by Gasteiger charge is -2.14. The number of carbonyl (C=O) groups is 2. The van der Waals surface area contributed by atoms with E-state index in [-0.39, 0.29) is 24.4 Å². The van der Waals surface area contributed by atoms with E-state index >= 15 is 0 Å². The molecule has 35 heavy (non-hydrogen) atoms. The van der Waals surface area contributed by atoms with E-state index in [1.807, 2.05) is 66.2 Å². The average molecular weight is 489 g/mol. The van der Waals surface area contributed by atoms with Gasteiger partial charge in [0.25, 0.3) is 5.91 Å². The number of para-hydroxylation sites is 1. The van der Waals surface area contributed by atoms with Crippen molar-refractivity contribution in [1.29, 1.82) is 0 Å². The number of hydrogen-bond donors (Lipinski definition) is 2. The molecule has 1 aromatic heterocycles. The first-order chi connectivity index (χ1) is 17.0. The van der Waals surface area contributed by atoms with Crippen molar-refractivity contribution in [3.05, 3.63) is 66.0 Å². The van der Waals surface area contributed by atoms with Crippen LogP contribution in [-0.2, 0) is 16.1 Å². The standard InChI is InChI=1S/C27H28N4O3S/c1-2-34-21-13-11-20(12-14-21)31-26(33)23(29-27(31)35)15-18-16-30(24-10-6-5-9-22(18)24)17-25(32)28-19-7-3-4-8-19/h5-6,9-16,19H,2-4,7-8,17H2,1H3,(H,28,32)(H,29,35). The number of benzene rings is 2. The van der Waals surface area contributed by atoms with Gasteiger partial charge in [0.1, 0.15) is 18.0 Å². The Labute approximate surface area is 209 Å². The summed E-state index contributed by atoms with van der Waals surface area (Å²) < 4.78 is 7.43. The Hall–Kier alpha value is -3.65. The predicted molar refractivity (Wildman–Crippen MR) is 141 cm³/mol. The highest BCUT2D eigenvalue weighted by Gasteiger charge is 2.32. The van der Waals surface area contributed by atoms with Crippen LogP contribution >= 0.6 is 12.2 Å². The number of ether oxygens (including phenoxy) is 1. The van der Waals surface area contributed by atoms with Gasteiger partial charge < -0.3 is 19.9 Å². The lowest BCUT2D eigenvalue weighted by atomic mass is 10.1. The molecule has 2 amide bonds. The SMILES string of the molecule is CCOc1ccc(N2C(=O)C(=Cc3cn(CC(=O)NC4CCCC4)c4ccccc34)NC2=S)cc1. The van der Waals surface area contributed by atoms with E-state index < -0.39 is 0 Å². The third-order valence-electron chi connectivity index (χ3n) is 6.44. The van der Waals surface area contributed by atoms with Crippen molar-refractivity contribution in [3.8, 4) is 5.75 Å². The monoisotopic (exact) mass is 488 g/mol. The zero-order chi connectivity index (χ0) is 24.4. The normalized spacial score (nSPS) is 17.4. The maximum absolute atomic E-state index is 13.3. The second kappa shape index (κ2) is 9.92. The highest BCUT2D eigenvalue weighted by Crippen LogP contribution is 2.28. The van der Waals surface area contributed by atoms with Crippen LogP contribution in [0, 0.1) is 0 Å². The average Bonchev–Trinajstić information content (AvgIpc) is 3.55. The third kappa shape index (κ3) is 4.79. The smallest absolute Gasteiger partial charge is 0.281 e. The Balaban J connectivity index is 1.40. The number of rotatable bonds is 7. The third-order valence-corrected chi connectivity index (χ3v) is 6.72. The van der Waals surface area contributed by atoms with E-state index in [9.17, 15) is 9.59 Å². The van der Waals surface area contributed by atoms with Crippen molar-refractivity contribution >= 4 is 51.8 Å². The van der Waals surface area contributed by atoms with Crippen LogP contribution in [0.4, 0.5) is 5.69 Å². The zero-order valence-electron chi connectivity index (χ0n) is 19.6. The van der Waals surface area contributed by atoms with Gasteiger partial charge in [-0.3, -0.25) is 14.5 Å². The van der Waals surface area contributed by atoms with Gasteiger partial charge in [0.05, 0.1) is 12.3 Å². The van der Waals surface area contributed by atoms with E-state index in [1.165, 1.54) is 17.7 Å². The van der Waals surface area contributed by atoms with Crippen LogP contribution in [0.15, 0.2) is 60.4 Å². The molecule has 5 rings (SSSR count). The van der Waals surface area contributed by atoms with Gasteiger partial charge in [0, 0.05) is 28.7 Å². The molecular formula is C27H28N4O3S. The quantitative estimate of drug-likeness (QED) is 0.382. The fraction of sp³-hybridized carbons (Fsp3) is 0.296. The van der Waals surface area contributed by atoms with Crippen LogP contribution in [0.5, 0.6) is 5.75 Å². The highest BCUT2D eigenvalue weighted by molar-refractivity contribution is 7.80. The molecule has 7 nitrogen and oxygen atoms in total. The minimum atomic E-state index is -0.227. The summed E-state index contributed by atoms with van der Waals surface area (Å²) in [6.07, 6.45) is 8.17. The first kappa shape index (κ1) is 23.1. The molecule has 180 valence electrons. The molecule has 1 saturated heterocycles. The number of amides is 2.